The summed E-state index contributed by atoms with van der Waals surface area (Å²) in [6.45, 7) is 2.07. The monoisotopic (exact) mass is 190 g/mol. The van der Waals surface area contributed by atoms with Crippen LogP contribution >= 0.6 is 11.5 Å². The molecule has 0 saturated carbocycles. The summed E-state index contributed by atoms with van der Waals surface area (Å²) < 4.78 is 4.26. The van der Waals surface area contributed by atoms with Crippen LogP contribution in [0.2, 0.25) is 0 Å². The molecule has 2 aromatic rings. The second-order valence-electron chi connectivity index (χ2n) is 2.93. The predicted octanol–water partition coefficient (Wildman–Crippen LogP) is 2.70. The highest BCUT2D eigenvalue weighted by Crippen LogP contribution is 2.25. The first kappa shape index (κ1) is 8.26. The van der Waals surface area contributed by atoms with Gasteiger partial charge in [-0.1, -0.05) is 24.3 Å². The van der Waals surface area contributed by atoms with E-state index in [0.29, 0.717) is 0 Å². The van der Waals surface area contributed by atoms with Gasteiger partial charge in [0.25, 0.3) is 0 Å². The van der Waals surface area contributed by atoms with Crippen LogP contribution in [-0.2, 0) is 0 Å². The predicted molar refractivity (Wildman–Crippen MR) is 56.7 cm³/mol. The van der Waals surface area contributed by atoms with Gasteiger partial charge in [-0.3, -0.25) is 0 Å². The Morgan fingerprint density at radius 2 is 2.08 bits per heavy atom. The fourth-order valence-corrected chi connectivity index (χ4v) is 1.80. The number of aryl methyl sites for hydroxylation is 1. The molecule has 0 spiro atoms. The molecule has 1 aromatic carbocycles. The summed E-state index contributed by atoms with van der Waals surface area (Å²) in [5.41, 5.74) is 8.99. The van der Waals surface area contributed by atoms with Gasteiger partial charge in [0.05, 0.1) is 5.69 Å². The Morgan fingerprint density at radius 1 is 1.31 bits per heavy atom. The van der Waals surface area contributed by atoms with E-state index in [1.165, 1.54) is 17.1 Å². The van der Waals surface area contributed by atoms with Crippen LogP contribution in [0.3, 0.4) is 0 Å². The zero-order valence-corrected chi connectivity index (χ0v) is 8.14. The van der Waals surface area contributed by atoms with Gasteiger partial charge in [-0.05, 0) is 24.0 Å². The number of nitrogens with two attached hydrogens (primary N) is 1. The van der Waals surface area contributed by atoms with Crippen LogP contribution in [-0.4, -0.2) is 4.37 Å². The van der Waals surface area contributed by atoms with Crippen LogP contribution in [0.4, 0.5) is 5.00 Å². The molecule has 0 amide bonds. The first-order chi connectivity index (χ1) is 6.27. The molecule has 66 valence electrons. The van der Waals surface area contributed by atoms with Crippen molar-refractivity contribution < 1.29 is 0 Å². The lowest BCUT2D eigenvalue weighted by molar-refractivity contribution is 1.42. The van der Waals surface area contributed by atoms with E-state index in [2.05, 4.69) is 23.4 Å². The van der Waals surface area contributed by atoms with E-state index in [1.54, 1.807) is 0 Å². The summed E-state index contributed by atoms with van der Waals surface area (Å²) in [5.74, 6) is 0. The van der Waals surface area contributed by atoms with E-state index < -0.39 is 0 Å². The molecule has 0 fully saturated rings. The van der Waals surface area contributed by atoms with Crippen molar-refractivity contribution in [3.63, 3.8) is 0 Å². The number of nitrogens with zero attached hydrogens (tertiary/aromatic N) is 1. The minimum absolute atomic E-state index is 0.762. The van der Waals surface area contributed by atoms with Crippen molar-refractivity contribution in [3.05, 3.63) is 35.9 Å². The van der Waals surface area contributed by atoms with E-state index >= 15 is 0 Å². The third-order valence-electron chi connectivity index (χ3n) is 1.95. The number of benzene rings is 1. The zero-order valence-electron chi connectivity index (χ0n) is 7.32. The Morgan fingerprint density at radius 3 is 2.69 bits per heavy atom. The fourth-order valence-electron chi connectivity index (χ4n) is 1.28. The van der Waals surface area contributed by atoms with Crippen molar-refractivity contribution in [2.45, 2.75) is 6.92 Å². The number of rotatable bonds is 1. The minimum atomic E-state index is 0.762. The normalized spacial score (nSPS) is 10.2. The second kappa shape index (κ2) is 3.18. The summed E-state index contributed by atoms with van der Waals surface area (Å²) in [5, 5.41) is 0.762. The molecule has 2 rings (SSSR count). The molecule has 0 unspecified atom stereocenters. The molecule has 0 aliphatic heterocycles. The molecular formula is C10H10N2S. The third kappa shape index (κ3) is 1.55. The standard InChI is InChI=1S/C10H10N2S/c1-7-4-2-3-5-8(7)9-6-10(11)13-12-9/h2-6H,11H2,1H3. The molecule has 2 N–H and O–H groups in total. The Kier molecular flexibility index (Phi) is 2.02. The first-order valence-corrected chi connectivity index (χ1v) is 4.83. The third-order valence-corrected chi connectivity index (χ3v) is 2.57. The van der Waals surface area contributed by atoms with E-state index in [9.17, 15) is 0 Å². The maximum Gasteiger partial charge on any atom is 0.107 e. The SMILES string of the molecule is Cc1ccccc1-c1cc(N)sn1. The largest absolute Gasteiger partial charge is 0.389 e. The van der Waals surface area contributed by atoms with Gasteiger partial charge in [-0.15, -0.1) is 0 Å². The summed E-state index contributed by atoms with van der Waals surface area (Å²) in [6, 6.07) is 10.1. The van der Waals surface area contributed by atoms with Crippen LogP contribution in [0.1, 0.15) is 5.56 Å². The number of hydrogen-bond donors (Lipinski definition) is 1. The molecule has 1 heterocycles. The quantitative estimate of drug-likeness (QED) is 0.751. The maximum absolute atomic E-state index is 5.62. The fraction of sp³-hybridized carbons (Fsp3) is 0.100. The van der Waals surface area contributed by atoms with Gasteiger partial charge in [-0.25, -0.2) is 0 Å². The van der Waals surface area contributed by atoms with Gasteiger partial charge in [0.1, 0.15) is 5.00 Å². The molecule has 13 heavy (non-hydrogen) atoms. The molecule has 0 aliphatic rings. The van der Waals surface area contributed by atoms with Crippen molar-refractivity contribution in [1.29, 1.82) is 0 Å². The van der Waals surface area contributed by atoms with E-state index in [0.717, 1.165) is 16.3 Å². The number of nitrogen functional groups attached to an aromatic ring is 1. The Labute approximate surface area is 81.2 Å². The molecule has 0 saturated heterocycles. The van der Waals surface area contributed by atoms with Crippen molar-refractivity contribution in [2.24, 2.45) is 0 Å². The highest BCUT2D eigenvalue weighted by molar-refractivity contribution is 7.10. The topological polar surface area (TPSA) is 38.9 Å². The zero-order chi connectivity index (χ0) is 9.26. The summed E-state index contributed by atoms with van der Waals surface area (Å²) in [7, 11) is 0. The lowest BCUT2D eigenvalue weighted by Crippen LogP contribution is -1.81. The highest BCUT2D eigenvalue weighted by atomic mass is 32.1. The van der Waals surface area contributed by atoms with Crippen LogP contribution in [0, 0.1) is 6.92 Å². The van der Waals surface area contributed by atoms with Crippen LogP contribution in [0.5, 0.6) is 0 Å². The molecule has 0 bridgehead atoms. The van der Waals surface area contributed by atoms with Crippen LogP contribution in [0.25, 0.3) is 11.3 Å². The van der Waals surface area contributed by atoms with Crippen molar-refractivity contribution >= 4 is 16.5 Å². The van der Waals surface area contributed by atoms with Gasteiger partial charge < -0.3 is 5.73 Å². The maximum atomic E-state index is 5.62. The van der Waals surface area contributed by atoms with Crippen molar-refractivity contribution in [3.8, 4) is 11.3 Å². The van der Waals surface area contributed by atoms with E-state index in [4.69, 9.17) is 5.73 Å². The van der Waals surface area contributed by atoms with Crippen molar-refractivity contribution in [2.75, 3.05) is 5.73 Å². The molecule has 0 atom stereocenters. The first-order valence-electron chi connectivity index (χ1n) is 4.05. The van der Waals surface area contributed by atoms with Gasteiger partial charge in [-0.2, -0.15) is 4.37 Å². The second-order valence-corrected chi connectivity index (χ2v) is 3.77. The summed E-state index contributed by atoms with van der Waals surface area (Å²) >= 11 is 1.34. The Hall–Kier alpha value is -1.35. The summed E-state index contributed by atoms with van der Waals surface area (Å²) in [6.07, 6.45) is 0. The molecule has 0 aliphatic carbocycles. The minimum Gasteiger partial charge on any atom is -0.389 e. The lowest BCUT2D eigenvalue weighted by atomic mass is 10.1. The van der Waals surface area contributed by atoms with Gasteiger partial charge in [0.2, 0.25) is 0 Å². The Bertz CT molecular complexity index is 420. The average molecular weight is 190 g/mol. The summed E-state index contributed by atoms with van der Waals surface area (Å²) in [4.78, 5) is 0. The number of hydrogen-bond acceptors (Lipinski definition) is 3. The molecule has 0 radical (unpaired) electrons. The van der Waals surface area contributed by atoms with Crippen LogP contribution < -0.4 is 5.73 Å². The molecular weight excluding hydrogens is 180 g/mol. The smallest absolute Gasteiger partial charge is 0.107 e. The highest BCUT2D eigenvalue weighted by Gasteiger charge is 2.03. The molecule has 1 aromatic heterocycles. The van der Waals surface area contributed by atoms with E-state index in [1.807, 2.05) is 18.2 Å². The van der Waals surface area contributed by atoms with Gasteiger partial charge in [0.15, 0.2) is 0 Å². The average Bonchev–Trinajstić information content (AvgIpc) is 2.53. The number of anilines is 1. The lowest BCUT2D eigenvalue weighted by Gasteiger charge is -1.99. The molecule has 2 nitrogen and oxygen atoms in total. The van der Waals surface area contributed by atoms with Crippen LogP contribution in [0.15, 0.2) is 30.3 Å². The van der Waals surface area contributed by atoms with Crippen molar-refractivity contribution in [1.82, 2.24) is 4.37 Å². The molecule has 3 heteroatoms. The Balaban J connectivity index is 2.52. The van der Waals surface area contributed by atoms with Gasteiger partial charge in [0, 0.05) is 11.6 Å². The van der Waals surface area contributed by atoms with Gasteiger partial charge >= 0.3 is 0 Å². The number of aromatic nitrogens is 1. The van der Waals surface area contributed by atoms with E-state index in [-0.39, 0.29) is 0 Å².